The van der Waals surface area contributed by atoms with Gasteiger partial charge in [-0.3, -0.25) is 4.79 Å². The maximum atomic E-state index is 12.4. The summed E-state index contributed by atoms with van der Waals surface area (Å²) < 4.78 is 10.8. The van der Waals surface area contributed by atoms with Crippen molar-refractivity contribution in [3.8, 4) is 17.2 Å². The molecule has 2 aromatic carbocycles. The fraction of sp³-hybridized carbons (Fsp3) is 0.250. The Balaban J connectivity index is 1.58. The first-order valence-electron chi connectivity index (χ1n) is 8.61. The molecule has 1 N–H and O–H groups in total. The molecule has 1 aromatic heterocycles. The predicted molar refractivity (Wildman–Crippen MR) is 103 cm³/mol. The van der Waals surface area contributed by atoms with Crippen LogP contribution in [0.15, 0.2) is 53.1 Å². The molecule has 0 spiro atoms. The normalized spacial score (nSPS) is 10.8. The van der Waals surface area contributed by atoms with Gasteiger partial charge in [-0.2, -0.15) is 4.98 Å². The molecule has 27 heavy (non-hydrogen) atoms. The van der Waals surface area contributed by atoms with E-state index < -0.39 is 0 Å². The van der Waals surface area contributed by atoms with Gasteiger partial charge in [0.1, 0.15) is 12.4 Å². The molecule has 1 heterocycles. The summed E-state index contributed by atoms with van der Waals surface area (Å²) in [5, 5.41) is 6.63. The molecule has 0 unspecified atom stereocenters. The van der Waals surface area contributed by atoms with E-state index in [2.05, 4.69) is 20.4 Å². The second kappa shape index (κ2) is 8.46. The van der Waals surface area contributed by atoms with Crippen molar-refractivity contribution in [2.75, 3.05) is 32.6 Å². The Labute approximate surface area is 158 Å². The zero-order chi connectivity index (χ0) is 19.2. The third-order valence-corrected chi connectivity index (χ3v) is 3.84. The van der Waals surface area contributed by atoms with Crippen molar-refractivity contribution in [3.05, 3.63) is 59.9 Å². The van der Waals surface area contributed by atoms with Crippen LogP contribution in [-0.2, 0) is 0 Å². The lowest BCUT2D eigenvalue weighted by Gasteiger charge is -2.11. The van der Waals surface area contributed by atoms with Gasteiger partial charge in [-0.25, -0.2) is 0 Å². The molecule has 1 amide bonds. The number of carbonyl (C=O) groups is 1. The third kappa shape index (κ3) is 5.15. The van der Waals surface area contributed by atoms with E-state index in [0.29, 0.717) is 29.6 Å². The van der Waals surface area contributed by atoms with Crippen molar-refractivity contribution < 1.29 is 14.1 Å². The highest BCUT2D eigenvalue weighted by molar-refractivity contribution is 6.04. The van der Waals surface area contributed by atoms with Gasteiger partial charge < -0.3 is 19.5 Å². The highest BCUT2D eigenvalue weighted by Gasteiger charge is 2.10. The molecule has 0 aliphatic carbocycles. The zero-order valence-electron chi connectivity index (χ0n) is 15.6. The van der Waals surface area contributed by atoms with E-state index in [1.807, 2.05) is 38.4 Å². The van der Waals surface area contributed by atoms with Gasteiger partial charge in [0.25, 0.3) is 11.8 Å². The van der Waals surface area contributed by atoms with Crippen LogP contribution in [0.3, 0.4) is 0 Å². The topological polar surface area (TPSA) is 80.5 Å². The summed E-state index contributed by atoms with van der Waals surface area (Å²) in [5.41, 5.74) is 2.02. The molecular formula is C20H22N4O3. The molecule has 0 saturated heterocycles. The minimum absolute atomic E-state index is 0.190. The van der Waals surface area contributed by atoms with E-state index in [0.717, 1.165) is 17.9 Å². The van der Waals surface area contributed by atoms with Gasteiger partial charge in [-0.1, -0.05) is 5.16 Å². The van der Waals surface area contributed by atoms with Crippen LogP contribution in [0, 0.1) is 6.92 Å². The smallest absolute Gasteiger partial charge is 0.257 e. The summed E-state index contributed by atoms with van der Waals surface area (Å²) in [4.78, 5) is 18.6. The molecule has 140 valence electrons. The Morgan fingerprint density at radius 1 is 1.11 bits per heavy atom. The maximum absolute atomic E-state index is 12.4. The second-order valence-corrected chi connectivity index (χ2v) is 6.35. The van der Waals surface area contributed by atoms with Crippen LogP contribution in [0.25, 0.3) is 11.5 Å². The standard InChI is InChI=1S/C20H22N4O3/c1-14-21-20(27-23-14)16-6-4-15(5-7-16)19(25)22-17-8-10-18(11-9-17)26-13-12-24(2)3/h4-11H,12-13H2,1-3H3,(H,22,25). The van der Waals surface area contributed by atoms with Crippen LogP contribution in [-0.4, -0.2) is 48.2 Å². The monoisotopic (exact) mass is 366 g/mol. The van der Waals surface area contributed by atoms with Gasteiger partial charge in [0.15, 0.2) is 5.82 Å². The average molecular weight is 366 g/mol. The van der Waals surface area contributed by atoms with Crippen LogP contribution >= 0.6 is 0 Å². The van der Waals surface area contributed by atoms with Gasteiger partial charge in [0, 0.05) is 23.4 Å². The minimum Gasteiger partial charge on any atom is -0.492 e. The number of aryl methyl sites for hydroxylation is 1. The quantitative estimate of drug-likeness (QED) is 0.691. The van der Waals surface area contributed by atoms with Gasteiger partial charge in [0.2, 0.25) is 0 Å². The molecule has 3 aromatic rings. The third-order valence-electron chi connectivity index (χ3n) is 3.84. The molecule has 0 radical (unpaired) electrons. The highest BCUT2D eigenvalue weighted by Crippen LogP contribution is 2.19. The molecule has 0 fully saturated rings. The number of nitrogens with one attached hydrogen (secondary N) is 1. The van der Waals surface area contributed by atoms with Crippen LogP contribution in [0.4, 0.5) is 5.69 Å². The molecule has 0 bridgehead atoms. The van der Waals surface area contributed by atoms with E-state index in [1.54, 1.807) is 31.2 Å². The average Bonchev–Trinajstić information content (AvgIpc) is 3.09. The maximum Gasteiger partial charge on any atom is 0.257 e. The van der Waals surface area contributed by atoms with E-state index in [4.69, 9.17) is 9.26 Å². The molecule has 0 aliphatic heterocycles. The summed E-state index contributed by atoms with van der Waals surface area (Å²) in [6.45, 7) is 3.22. The lowest BCUT2D eigenvalue weighted by atomic mass is 10.1. The van der Waals surface area contributed by atoms with Gasteiger partial charge in [0.05, 0.1) is 0 Å². The predicted octanol–water partition coefficient (Wildman–Crippen LogP) is 3.24. The molecule has 3 rings (SSSR count). The number of likely N-dealkylation sites (N-methyl/N-ethyl adjacent to an activating group) is 1. The Bertz CT molecular complexity index is 886. The highest BCUT2D eigenvalue weighted by atomic mass is 16.5. The van der Waals surface area contributed by atoms with Crippen LogP contribution in [0.2, 0.25) is 0 Å². The minimum atomic E-state index is -0.190. The number of amides is 1. The van der Waals surface area contributed by atoms with Gasteiger partial charge in [-0.05, 0) is 69.6 Å². The largest absolute Gasteiger partial charge is 0.492 e. The van der Waals surface area contributed by atoms with Crippen molar-refractivity contribution in [3.63, 3.8) is 0 Å². The Morgan fingerprint density at radius 3 is 2.41 bits per heavy atom. The number of benzene rings is 2. The van der Waals surface area contributed by atoms with Crippen molar-refractivity contribution in [1.29, 1.82) is 0 Å². The van der Waals surface area contributed by atoms with E-state index in [-0.39, 0.29) is 5.91 Å². The number of carbonyl (C=O) groups excluding carboxylic acids is 1. The first-order valence-corrected chi connectivity index (χ1v) is 8.61. The van der Waals surface area contributed by atoms with Gasteiger partial charge in [-0.15, -0.1) is 0 Å². The number of aromatic nitrogens is 2. The first kappa shape index (κ1) is 18.6. The number of hydrogen-bond acceptors (Lipinski definition) is 6. The molecular weight excluding hydrogens is 344 g/mol. The molecule has 7 nitrogen and oxygen atoms in total. The second-order valence-electron chi connectivity index (χ2n) is 6.35. The number of anilines is 1. The number of ether oxygens (including phenoxy) is 1. The van der Waals surface area contributed by atoms with Crippen molar-refractivity contribution in [2.45, 2.75) is 6.92 Å². The summed E-state index contributed by atoms with van der Waals surface area (Å²) in [7, 11) is 4.00. The SMILES string of the molecule is Cc1noc(-c2ccc(C(=O)Nc3ccc(OCCN(C)C)cc3)cc2)n1. The molecule has 0 aliphatic rings. The van der Waals surface area contributed by atoms with Crippen molar-refractivity contribution in [1.82, 2.24) is 15.0 Å². The van der Waals surface area contributed by atoms with E-state index in [9.17, 15) is 4.79 Å². The Hall–Kier alpha value is -3.19. The first-order chi connectivity index (χ1) is 13.0. The molecule has 0 atom stereocenters. The zero-order valence-corrected chi connectivity index (χ0v) is 15.6. The summed E-state index contributed by atoms with van der Waals surface area (Å²) in [5.74, 6) is 1.59. The Kier molecular flexibility index (Phi) is 5.83. The summed E-state index contributed by atoms with van der Waals surface area (Å²) >= 11 is 0. The van der Waals surface area contributed by atoms with Crippen LogP contribution < -0.4 is 10.1 Å². The van der Waals surface area contributed by atoms with Crippen LogP contribution in [0.5, 0.6) is 5.75 Å². The Morgan fingerprint density at radius 2 is 1.81 bits per heavy atom. The molecule has 7 heteroatoms. The number of hydrogen-bond donors (Lipinski definition) is 1. The van der Waals surface area contributed by atoms with Gasteiger partial charge >= 0.3 is 0 Å². The van der Waals surface area contributed by atoms with Crippen molar-refractivity contribution in [2.24, 2.45) is 0 Å². The van der Waals surface area contributed by atoms with E-state index in [1.165, 1.54) is 0 Å². The number of nitrogens with zero attached hydrogens (tertiary/aromatic N) is 3. The molecule has 0 saturated carbocycles. The summed E-state index contributed by atoms with van der Waals surface area (Å²) in [6.07, 6.45) is 0. The lowest BCUT2D eigenvalue weighted by Crippen LogP contribution is -2.19. The fourth-order valence-electron chi connectivity index (χ4n) is 2.36. The lowest BCUT2D eigenvalue weighted by molar-refractivity contribution is 0.102. The fourth-order valence-corrected chi connectivity index (χ4v) is 2.36. The van der Waals surface area contributed by atoms with Crippen LogP contribution in [0.1, 0.15) is 16.2 Å². The number of rotatable bonds is 7. The van der Waals surface area contributed by atoms with E-state index >= 15 is 0 Å². The van der Waals surface area contributed by atoms with Crippen molar-refractivity contribution >= 4 is 11.6 Å². The summed E-state index contributed by atoms with van der Waals surface area (Å²) in [6, 6.07) is 14.3.